The molecule has 0 aliphatic heterocycles. The molecule has 0 radical (unpaired) electrons. The maximum absolute atomic E-state index is 11.1. The first-order valence-electron chi connectivity index (χ1n) is 5.17. The molecule has 0 aromatic heterocycles. The van der Waals surface area contributed by atoms with Gasteiger partial charge in [-0.1, -0.05) is 13.3 Å². The van der Waals surface area contributed by atoms with Crippen LogP contribution in [-0.2, 0) is 14.3 Å². The predicted molar refractivity (Wildman–Crippen MR) is 55.8 cm³/mol. The second-order valence-corrected chi connectivity index (χ2v) is 3.09. The molecule has 14 heavy (non-hydrogen) atoms. The van der Waals surface area contributed by atoms with Crippen LogP contribution in [0.5, 0.6) is 0 Å². The van der Waals surface area contributed by atoms with Crippen molar-refractivity contribution in [1.82, 2.24) is 0 Å². The molecule has 3 heteroatoms. The number of hydrogen-bond acceptors (Lipinski definition) is 3. The minimum absolute atomic E-state index is 0.206. The minimum atomic E-state index is -0.225. The lowest BCUT2D eigenvalue weighted by molar-refractivity contribution is -0.145. The van der Waals surface area contributed by atoms with Crippen molar-refractivity contribution >= 4 is 5.97 Å². The Morgan fingerprint density at radius 3 is 2.71 bits per heavy atom. The Morgan fingerprint density at radius 2 is 2.14 bits per heavy atom. The van der Waals surface area contributed by atoms with Crippen molar-refractivity contribution in [3.63, 3.8) is 0 Å². The monoisotopic (exact) mass is 200 g/mol. The van der Waals surface area contributed by atoms with Gasteiger partial charge in [-0.05, 0) is 26.3 Å². The van der Waals surface area contributed by atoms with E-state index < -0.39 is 0 Å². The summed E-state index contributed by atoms with van der Waals surface area (Å²) in [5.41, 5.74) is 0. The van der Waals surface area contributed by atoms with Crippen LogP contribution in [0.1, 0.15) is 33.6 Å². The van der Waals surface area contributed by atoms with Gasteiger partial charge in [-0.25, -0.2) is 0 Å². The summed E-state index contributed by atoms with van der Waals surface area (Å²) < 4.78 is 10.0. The van der Waals surface area contributed by atoms with E-state index in [-0.39, 0.29) is 11.9 Å². The molecule has 0 heterocycles. The first kappa shape index (κ1) is 13.0. The number of carbonyl (C=O) groups is 1. The van der Waals surface area contributed by atoms with Crippen LogP contribution < -0.4 is 0 Å². The summed E-state index contributed by atoms with van der Waals surface area (Å²) in [6.45, 7) is 6.83. The molecular weight excluding hydrogens is 180 g/mol. The zero-order chi connectivity index (χ0) is 10.8. The molecule has 1 unspecified atom stereocenters. The molecule has 0 bridgehead atoms. The predicted octanol–water partition coefficient (Wildman–Crippen LogP) is 2.52. The van der Waals surface area contributed by atoms with Crippen molar-refractivity contribution in [2.75, 3.05) is 13.2 Å². The molecule has 0 fully saturated rings. The topological polar surface area (TPSA) is 35.5 Å². The first-order valence-corrected chi connectivity index (χ1v) is 5.17. The van der Waals surface area contributed by atoms with Crippen LogP contribution in [-0.4, -0.2) is 19.2 Å². The smallest absolute Gasteiger partial charge is 0.312 e. The number of rotatable bonds is 7. The van der Waals surface area contributed by atoms with E-state index in [9.17, 15) is 4.79 Å². The summed E-state index contributed by atoms with van der Waals surface area (Å²) in [6, 6.07) is 0. The van der Waals surface area contributed by atoms with Crippen molar-refractivity contribution in [1.29, 1.82) is 0 Å². The van der Waals surface area contributed by atoms with E-state index in [1.807, 2.05) is 0 Å². The van der Waals surface area contributed by atoms with Crippen LogP contribution in [0.3, 0.4) is 0 Å². The molecule has 0 saturated carbocycles. The van der Waals surface area contributed by atoms with E-state index in [1.165, 1.54) is 0 Å². The summed E-state index contributed by atoms with van der Waals surface area (Å²) in [4.78, 5) is 11.1. The Morgan fingerprint density at radius 1 is 1.43 bits per heavy atom. The Balaban J connectivity index is 3.59. The lowest BCUT2D eigenvalue weighted by atomic mass is 10.2. The zero-order valence-electron chi connectivity index (χ0n) is 9.29. The molecule has 0 aromatic rings. The van der Waals surface area contributed by atoms with Crippen molar-refractivity contribution in [2.24, 2.45) is 5.92 Å². The average molecular weight is 200 g/mol. The van der Waals surface area contributed by atoms with Gasteiger partial charge in [-0.3, -0.25) is 4.79 Å². The van der Waals surface area contributed by atoms with Gasteiger partial charge < -0.3 is 9.47 Å². The Bertz CT molecular complexity index is 175. The fourth-order valence-corrected chi connectivity index (χ4v) is 0.821. The first-order chi connectivity index (χ1) is 6.72. The van der Waals surface area contributed by atoms with Crippen molar-refractivity contribution in [2.45, 2.75) is 33.6 Å². The number of esters is 1. The van der Waals surface area contributed by atoms with Crippen LogP contribution in [0.2, 0.25) is 0 Å². The van der Waals surface area contributed by atoms with E-state index in [0.29, 0.717) is 13.2 Å². The summed E-state index contributed by atoms with van der Waals surface area (Å²) in [6.07, 6.45) is 5.45. The standard InChI is InChI=1S/C11H20O3/c1-4-6-8-13-9-7-10(3)11(12)14-5-2/h7,9-10H,4-6,8H2,1-3H3/b9-7-. The van der Waals surface area contributed by atoms with Crippen molar-refractivity contribution in [3.05, 3.63) is 12.3 Å². The molecule has 3 nitrogen and oxygen atoms in total. The third-order valence-electron chi connectivity index (χ3n) is 1.74. The maximum atomic E-state index is 11.1. The highest BCUT2D eigenvalue weighted by molar-refractivity contribution is 5.73. The van der Waals surface area contributed by atoms with Gasteiger partial charge in [0, 0.05) is 0 Å². The molecule has 0 spiro atoms. The third-order valence-corrected chi connectivity index (χ3v) is 1.74. The second kappa shape index (κ2) is 8.60. The average Bonchev–Trinajstić information content (AvgIpc) is 2.17. The van der Waals surface area contributed by atoms with Crippen molar-refractivity contribution < 1.29 is 14.3 Å². The molecule has 0 aliphatic carbocycles. The van der Waals surface area contributed by atoms with Gasteiger partial charge in [0.15, 0.2) is 0 Å². The quantitative estimate of drug-likeness (QED) is 0.360. The molecule has 82 valence electrons. The molecule has 0 N–H and O–H groups in total. The van der Waals surface area contributed by atoms with Gasteiger partial charge in [0.05, 0.1) is 25.4 Å². The Kier molecular flexibility index (Phi) is 7.99. The highest BCUT2D eigenvalue weighted by Gasteiger charge is 2.09. The van der Waals surface area contributed by atoms with Crippen LogP contribution >= 0.6 is 0 Å². The molecule has 0 aromatic carbocycles. The zero-order valence-corrected chi connectivity index (χ0v) is 9.29. The SMILES string of the molecule is CCCCO/C=C\C(C)C(=O)OCC. The molecule has 0 saturated heterocycles. The third kappa shape index (κ3) is 6.52. The van der Waals surface area contributed by atoms with E-state index >= 15 is 0 Å². The van der Waals surface area contributed by atoms with Crippen LogP contribution in [0.4, 0.5) is 0 Å². The Labute approximate surface area is 86.1 Å². The van der Waals surface area contributed by atoms with Gasteiger partial charge in [0.2, 0.25) is 0 Å². The normalized spacial score (nSPS) is 12.8. The second-order valence-electron chi connectivity index (χ2n) is 3.09. The maximum Gasteiger partial charge on any atom is 0.312 e. The summed E-state index contributed by atoms with van der Waals surface area (Å²) in [5.74, 6) is -0.431. The van der Waals surface area contributed by atoms with E-state index in [4.69, 9.17) is 9.47 Å². The lowest BCUT2D eigenvalue weighted by Gasteiger charge is -2.05. The number of carbonyl (C=O) groups excluding carboxylic acids is 1. The van der Waals surface area contributed by atoms with Crippen LogP contribution in [0.25, 0.3) is 0 Å². The summed E-state index contributed by atoms with van der Waals surface area (Å²) in [5, 5.41) is 0. The van der Waals surface area contributed by atoms with Crippen molar-refractivity contribution in [3.8, 4) is 0 Å². The highest BCUT2D eigenvalue weighted by Crippen LogP contribution is 2.01. The fraction of sp³-hybridized carbons (Fsp3) is 0.727. The molecule has 0 rings (SSSR count). The van der Waals surface area contributed by atoms with Crippen LogP contribution in [0.15, 0.2) is 12.3 Å². The number of hydrogen-bond donors (Lipinski definition) is 0. The number of ether oxygens (including phenoxy) is 2. The van der Waals surface area contributed by atoms with Gasteiger partial charge in [-0.2, -0.15) is 0 Å². The minimum Gasteiger partial charge on any atom is -0.502 e. The van der Waals surface area contributed by atoms with E-state index in [2.05, 4.69) is 6.92 Å². The van der Waals surface area contributed by atoms with Crippen LogP contribution in [0, 0.1) is 5.92 Å². The lowest BCUT2D eigenvalue weighted by Crippen LogP contribution is -2.12. The summed E-state index contributed by atoms with van der Waals surface area (Å²) in [7, 11) is 0. The van der Waals surface area contributed by atoms with Gasteiger partial charge in [0.1, 0.15) is 0 Å². The summed E-state index contributed by atoms with van der Waals surface area (Å²) >= 11 is 0. The fourth-order valence-electron chi connectivity index (χ4n) is 0.821. The number of unbranched alkanes of at least 4 members (excludes halogenated alkanes) is 1. The highest BCUT2D eigenvalue weighted by atomic mass is 16.5. The van der Waals surface area contributed by atoms with Gasteiger partial charge >= 0.3 is 5.97 Å². The molecule has 0 aliphatic rings. The van der Waals surface area contributed by atoms with Gasteiger partial charge in [-0.15, -0.1) is 0 Å². The van der Waals surface area contributed by atoms with E-state index in [1.54, 1.807) is 26.2 Å². The van der Waals surface area contributed by atoms with Gasteiger partial charge in [0.25, 0.3) is 0 Å². The molecule has 0 amide bonds. The molecular formula is C11H20O3. The van der Waals surface area contributed by atoms with E-state index in [0.717, 1.165) is 12.8 Å². The largest absolute Gasteiger partial charge is 0.502 e. The molecule has 1 atom stereocenters. The Hall–Kier alpha value is -0.990.